The molecule has 0 aromatic carbocycles. The van der Waals surface area contributed by atoms with Gasteiger partial charge in [-0.05, 0) is 25.5 Å². The van der Waals surface area contributed by atoms with Crippen molar-refractivity contribution in [2.45, 2.75) is 13.8 Å². The van der Waals surface area contributed by atoms with E-state index in [1.165, 1.54) is 0 Å². The molecule has 2 nitrogen and oxygen atoms in total. The Kier molecular flexibility index (Phi) is 1.81. The van der Waals surface area contributed by atoms with E-state index in [0.29, 0.717) is 0 Å². The number of rotatable bonds is 1. The molecule has 0 aliphatic heterocycles. The first-order valence-corrected chi connectivity index (χ1v) is 3.13. The second kappa shape index (κ2) is 2.60. The lowest BCUT2D eigenvalue weighted by molar-refractivity contribution is 0.112. The van der Waals surface area contributed by atoms with Crippen LogP contribution in [0.25, 0.3) is 0 Å². The largest absolute Gasteiger partial charge is 0.298 e. The van der Waals surface area contributed by atoms with Gasteiger partial charge in [0.1, 0.15) is 6.29 Å². The zero-order valence-corrected chi connectivity index (χ0v) is 6.09. The highest BCUT2D eigenvalue weighted by atomic mass is 16.1. The third-order valence-electron chi connectivity index (χ3n) is 1.62. The zero-order chi connectivity index (χ0) is 7.56. The van der Waals surface area contributed by atoms with Gasteiger partial charge in [-0.25, -0.2) is 0 Å². The lowest BCUT2D eigenvalue weighted by Crippen LogP contribution is -1.91. The fourth-order valence-corrected chi connectivity index (χ4v) is 0.788. The molecule has 1 aromatic heterocycles. The minimum Gasteiger partial charge on any atom is -0.298 e. The topological polar surface area (TPSA) is 30.0 Å². The Hall–Kier alpha value is -1.18. The Morgan fingerprint density at radius 3 is 2.70 bits per heavy atom. The number of nitrogens with zero attached hydrogens (tertiary/aromatic N) is 1. The molecule has 0 N–H and O–H groups in total. The van der Waals surface area contributed by atoms with E-state index in [4.69, 9.17) is 0 Å². The quantitative estimate of drug-likeness (QED) is 0.546. The van der Waals surface area contributed by atoms with Crippen molar-refractivity contribution in [2.75, 3.05) is 0 Å². The Morgan fingerprint density at radius 2 is 2.20 bits per heavy atom. The van der Waals surface area contributed by atoms with Gasteiger partial charge in [-0.2, -0.15) is 0 Å². The summed E-state index contributed by atoms with van der Waals surface area (Å²) in [5.74, 6) is 0. The van der Waals surface area contributed by atoms with Crippen LogP contribution in [0, 0.1) is 13.8 Å². The standard InChI is InChI=1S/C8H9NO/c1-6-7(2)9-4-3-8(6)5-10/h3-5H,1-2H3. The van der Waals surface area contributed by atoms with Crippen LogP contribution in [0.4, 0.5) is 0 Å². The number of carbonyl (C=O) groups is 1. The fourth-order valence-electron chi connectivity index (χ4n) is 0.788. The summed E-state index contributed by atoms with van der Waals surface area (Å²) in [6.45, 7) is 3.79. The molecule has 0 spiro atoms. The van der Waals surface area contributed by atoms with Crippen molar-refractivity contribution < 1.29 is 4.79 Å². The molecule has 0 atom stereocenters. The maximum Gasteiger partial charge on any atom is 0.150 e. The molecule has 0 aliphatic rings. The summed E-state index contributed by atoms with van der Waals surface area (Å²) in [5, 5.41) is 0. The molecule has 0 amide bonds. The van der Waals surface area contributed by atoms with Gasteiger partial charge in [0, 0.05) is 17.5 Å². The van der Waals surface area contributed by atoms with Crippen molar-refractivity contribution in [3.8, 4) is 0 Å². The molecule has 0 radical (unpaired) electrons. The first-order chi connectivity index (χ1) is 4.75. The smallest absolute Gasteiger partial charge is 0.150 e. The lowest BCUT2D eigenvalue weighted by Gasteiger charge is -1.98. The molecule has 0 saturated carbocycles. The monoisotopic (exact) mass is 135 g/mol. The lowest BCUT2D eigenvalue weighted by atomic mass is 10.1. The SMILES string of the molecule is Cc1nccc(C=O)c1C. The predicted octanol–water partition coefficient (Wildman–Crippen LogP) is 1.51. The number of aldehydes is 1. The molecule has 0 saturated heterocycles. The Morgan fingerprint density at radius 1 is 1.50 bits per heavy atom. The van der Waals surface area contributed by atoms with Crippen LogP contribution in [-0.4, -0.2) is 11.3 Å². The number of aryl methyl sites for hydroxylation is 1. The van der Waals surface area contributed by atoms with Crippen LogP contribution in [0.3, 0.4) is 0 Å². The molecule has 0 fully saturated rings. The molecular formula is C8H9NO. The van der Waals surface area contributed by atoms with Crippen molar-refractivity contribution in [1.29, 1.82) is 0 Å². The summed E-state index contributed by atoms with van der Waals surface area (Å²) in [7, 11) is 0. The molecule has 0 bridgehead atoms. The minimum atomic E-state index is 0.729. The molecule has 0 aliphatic carbocycles. The number of aromatic nitrogens is 1. The Labute approximate surface area is 59.9 Å². The summed E-state index contributed by atoms with van der Waals surface area (Å²) < 4.78 is 0. The van der Waals surface area contributed by atoms with E-state index in [-0.39, 0.29) is 0 Å². The Bertz CT molecular complexity index is 255. The van der Waals surface area contributed by atoms with Gasteiger partial charge in [-0.15, -0.1) is 0 Å². The van der Waals surface area contributed by atoms with E-state index in [1.807, 2.05) is 13.8 Å². The van der Waals surface area contributed by atoms with E-state index in [0.717, 1.165) is 23.1 Å². The zero-order valence-electron chi connectivity index (χ0n) is 6.09. The molecule has 52 valence electrons. The van der Waals surface area contributed by atoms with Crippen LogP contribution in [0.15, 0.2) is 12.3 Å². The first-order valence-electron chi connectivity index (χ1n) is 3.13. The fraction of sp³-hybridized carbons (Fsp3) is 0.250. The van der Waals surface area contributed by atoms with Crippen LogP contribution in [0.1, 0.15) is 21.6 Å². The summed E-state index contributed by atoms with van der Waals surface area (Å²) in [4.78, 5) is 14.4. The van der Waals surface area contributed by atoms with Gasteiger partial charge >= 0.3 is 0 Å². The molecule has 1 aromatic rings. The Balaban J connectivity index is 3.27. The van der Waals surface area contributed by atoms with Crippen molar-refractivity contribution in [3.05, 3.63) is 29.1 Å². The van der Waals surface area contributed by atoms with Gasteiger partial charge in [0.15, 0.2) is 0 Å². The highest BCUT2D eigenvalue weighted by molar-refractivity contribution is 5.77. The first kappa shape index (κ1) is 6.93. The summed E-state index contributed by atoms with van der Waals surface area (Å²) in [5.41, 5.74) is 2.62. The van der Waals surface area contributed by atoms with Crippen molar-refractivity contribution in [2.24, 2.45) is 0 Å². The number of pyridine rings is 1. The highest BCUT2D eigenvalue weighted by Gasteiger charge is 1.97. The average molecular weight is 135 g/mol. The van der Waals surface area contributed by atoms with E-state index >= 15 is 0 Å². The maximum absolute atomic E-state index is 10.4. The van der Waals surface area contributed by atoms with Crippen LogP contribution < -0.4 is 0 Å². The van der Waals surface area contributed by atoms with Crippen LogP contribution >= 0.6 is 0 Å². The van der Waals surface area contributed by atoms with Gasteiger partial charge in [0.05, 0.1) is 0 Å². The van der Waals surface area contributed by atoms with Gasteiger partial charge < -0.3 is 0 Å². The molecule has 2 heteroatoms. The van der Waals surface area contributed by atoms with Crippen LogP contribution in [-0.2, 0) is 0 Å². The third kappa shape index (κ3) is 1.05. The third-order valence-corrected chi connectivity index (χ3v) is 1.62. The van der Waals surface area contributed by atoms with Gasteiger partial charge in [-0.1, -0.05) is 0 Å². The molecule has 1 rings (SSSR count). The normalized spacial score (nSPS) is 9.40. The van der Waals surface area contributed by atoms with Crippen molar-refractivity contribution in [1.82, 2.24) is 4.98 Å². The molecule has 10 heavy (non-hydrogen) atoms. The minimum absolute atomic E-state index is 0.729. The molecule has 0 unspecified atom stereocenters. The van der Waals surface area contributed by atoms with Gasteiger partial charge in [0.2, 0.25) is 0 Å². The molecular weight excluding hydrogens is 126 g/mol. The van der Waals surface area contributed by atoms with Crippen molar-refractivity contribution in [3.63, 3.8) is 0 Å². The molecule has 1 heterocycles. The van der Waals surface area contributed by atoms with Gasteiger partial charge in [-0.3, -0.25) is 9.78 Å². The van der Waals surface area contributed by atoms with Crippen LogP contribution in [0.2, 0.25) is 0 Å². The van der Waals surface area contributed by atoms with E-state index < -0.39 is 0 Å². The average Bonchev–Trinajstić information content (AvgIpc) is 1.95. The van der Waals surface area contributed by atoms with E-state index in [2.05, 4.69) is 4.98 Å². The highest BCUT2D eigenvalue weighted by Crippen LogP contribution is 2.06. The second-order valence-corrected chi connectivity index (χ2v) is 2.23. The second-order valence-electron chi connectivity index (χ2n) is 2.23. The number of hydrogen-bond donors (Lipinski definition) is 0. The van der Waals surface area contributed by atoms with E-state index in [1.54, 1.807) is 12.3 Å². The van der Waals surface area contributed by atoms with E-state index in [9.17, 15) is 4.79 Å². The maximum atomic E-state index is 10.4. The number of hydrogen-bond acceptors (Lipinski definition) is 2. The van der Waals surface area contributed by atoms with Crippen molar-refractivity contribution >= 4 is 6.29 Å². The van der Waals surface area contributed by atoms with Crippen LogP contribution in [0.5, 0.6) is 0 Å². The summed E-state index contributed by atoms with van der Waals surface area (Å²) in [6, 6.07) is 1.72. The predicted molar refractivity (Wildman–Crippen MR) is 39.1 cm³/mol. The van der Waals surface area contributed by atoms with Gasteiger partial charge in [0.25, 0.3) is 0 Å². The number of carbonyl (C=O) groups excluding carboxylic acids is 1. The summed E-state index contributed by atoms with van der Waals surface area (Å²) in [6.07, 6.45) is 2.50. The summed E-state index contributed by atoms with van der Waals surface area (Å²) >= 11 is 0.